The lowest BCUT2D eigenvalue weighted by molar-refractivity contribution is -0.119. The van der Waals surface area contributed by atoms with Crippen LogP contribution in [0, 0.1) is 0 Å². The molecule has 1 amide bonds. The fourth-order valence-corrected chi connectivity index (χ4v) is 2.54. The maximum Gasteiger partial charge on any atom is 0.235 e. The Morgan fingerprint density at radius 2 is 2.00 bits per heavy atom. The zero-order chi connectivity index (χ0) is 12.8. The first kappa shape index (κ1) is 14.5. The molecule has 1 rings (SSSR count). The molecule has 1 unspecified atom stereocenters. The van der Waals surface area contributed by atoms with Gasteiger partial charge in [-0.3, -0.25) is 4.79 Å². The SMILES string of the molecule is CC(C)NC(CSc1ccc(Br)cc1)C(N)=O. The fraction of sp³-hybridized carbons (Fsp3) is 0.417. The van der Waals surface area contributed by atoms with Gasteiger partial charge < -0.3 is 11.1 Å². The van der Waals surface area contributed by atoms with Gasteiger partial charge in [-0.1, -0.05) is 29.8 Å². The highest BCUT2D eigenvalue weighted by atomic mass is 79.9. The lowest BCUT2D eigenvalue weighted by Crippen LogP contribution is -2.46. The van der Waals surface area contributed by atoms with E-state index >= 15 is 0 Å². The third-order valence-electron chi connectivity index (χ3n) is 2.11. The van der Waals surface area contributed by atoms with Gasteiger partial charge in [0.05, 0.1) is 6.04 Å². The molecule has 17 heavy (non-hydrogen) atoms. The molecule has 5 heteroatoms. The molecule has 0 aliphatic carbocycles. The van der Waals surface area contributed by atoms with Crippen LogP contribution in [0.1, 0.15) is 13.8 Å². The van der Waals surface area contributed by atoms with Crippen molar-refractivity contribution in [3.05, 3.63) is 28.7 Å². The standard InChI is InChI=1S/C12H17BrN2OS/c1-8(2)15-11(12(14)16)7-17-10-5-3-9(13)4-6-10/h3-6,8,11,15H,7H2,1-2H3,(H2,14,16). The summed E-state index contributed by atoms with van der Waals surface area (Å²) >= 11 is 5.01. The van der Waals surface area contributed by atoms with Crippen molar-refractivity contribution in [2.24, 2.45) is 5.73 Å². The van der Waals surface area contributed by atoms with Gasteiger partial charge in [-0.05, 0) is 24.3 Å². The summed E-state index contributed by atoms with van der Waals surface area (Å²) < 4.78 is 1.05. The third-order valence-corrected chi connectivity index (χ3v) is 3.74. The second-order valence-corrected chi connectivity index (χ2v) is 6.05. The minimum absolute atomic E-state index is 0.248. The van der Waals surface area contributed by atoms with Crippen LogP contribution in [-0.4, -0.2) is 23.7 Å². The quantitative estimate of drug-likeness (QED) is 0.792. The van der Waals surface area contributed by atoms with Crippen LogP contribution in [0.3, 0.4) is 0 Å². The molecule has 1 atom stereocenters. The molecule has 94 valence electrons. The van der Waals surface area contributed by atoms with E-state index in [4.69, 9.17) is 5.73 Å². The van der Waals surface area contributed by atoms with Crippen molar-refractivity contribution in [1.82, 2.24) is 5.32 Å². The molecule has 0 aliphatic rings. The molecular weight excluding hydrogens is 300 g/mol. The van der Waals surface area contributed by atoms with Crippen LogP contribution in [0.2, 0.25) is 0 Å². The first-order valence-corrected chi connectivity index (χ1v) is 7.20. The molecule has 1 aromatic carbocycles. The van der Waals surface area contributed by atoms with Crippen molar-refractivity contribution >= 4 is 33.6 Å². The maximum atomic E-state index is 11.2. The molecule has 0 aliphatic heterocycles. The molecule has 3 N–H and O–H groups in total. The number of primary amides is 1. The van der Waals surface area contributed by atoms with Crippen molar-refractivity contribution < 1.29 is 4.79 Å². The summed E-state index contributed by atoms with van der Waals surface area (Å²) in [7, 11) is 0. The number of thioether (sulfide) groups is 1. The Balaban J connectivity index is 2.51. The minimum atomic E-state index is -0.302. The number of amides is 1. The van der Waals surface area contributed by atoms with Crippen molar-refractivity contribution in [2.45, 2.75) is 30.8 Å². The van der Waals surface area contributed by atoms with Gasteiger partial charge in [0.2, 0.25) is 5.91 Å². The van der Waals surface area contributed by atoms with E-state index in [9.17, 15) is 4.79 Å². The maximum absolute atomic E-state index is 11.2. The van der Waals surface area contributed by atoms with Crippen LogP contribution in [0.15, 0.2) is 33.6 Å². The second kappa shape index (κ2) is 7.03. The summed E-state index contributed by atoms with van der Waals surface area (Å²) in [4.78, 5) is 12.4. The van der Waals surface area contributed by atoms with Gasteiger partial charge in [0, 0.05) is 21.2 Å². The van der Waals surface area contributed by atoms with Gasteiger partial charge in [0.25, 0.3) is 0 Å². The van der Waals surface area contributed by atoms with Crippen LogP contribution in [0.4, 0.5) is 0 Å². The lowest BCUT2D eigenvalue weighted by Gasteiger charge is -2.17. The van der Waals surface area contributed by atoms with Crippen LogP contribution in [-0.2, 0) is 4.79 Å². The van der Waals surface area contributed by atoms with Crippen LogP contribution >= 0.6 is 27.7 Å². The number of nitrogens with two attached hydrogens (primary N) is 1. The number of hydrogen-bond acceptors (Lipinski definition) is 3. The molecule has 0 bridgehead atoms. The number of nitrogens with one attached hydrogen (secondary N) is 1. The Morgan fingerprint density at radius 3 is 2.47 bits per heavy atom. The van der Waals surface area contributed by atoms with E-state index in [1.54, 1.807) is 11.8 Å². The average Bonchev–Trinajstić information content (AvgIpc) is 2.25. The summed E-state index contributed by atoms with van der Waals surface area (Å²) in [6.07, 6.45) is 0. The van der Waals surface area contributed by atoms with E-state index in [1.165, 1.54) is 0 Å². The molecule has 0 saturated heterocycles. The zero-order valence-electron chi connectivity index (χ0n) is 9.94. The van der Waals surface area contributed by atoms with Gasteiger partial charge in [0.1, 0.15) is 0 Å². The number of halogens is 1. The minimum Gasteiger partial charge on any atom is -0.368 e. The normalized spacial score (nSPS) is 12.7. The van der Waals surface area contributed by atoms with E-state index in [0.29, 0.717) is 5.75 Å². The molecule has 3 nitrogen and oxygen atoms in total. The zero-order valence-corrected chi connectivity index (χ0v) is 12.3. The molecular formula is C12H17BrN2OS. The monoisotopic (exact) mass is 316 g/mol. The topological polar surface area (TPSA) is 55.1 Å². The number of carbonyl (C=O) groups excluding carboxylic acids is 1. The summed E-state index contributed by atoms with van der Waals surface area (Å²) in [6, 6.07) is 7.96. The largest absolute Gasteiger partial charge is 0.368 e. The van der Waals surface area contributed by atoms with E-state index in [1.807, 2.05) is 38.1 Å². The highest BCUT2D eigenvalue weighted by Crippen LogP contribution is 2.21. The van der Waals surface area contributed by atoms with E-state index in [-0.39, 0.29) is 18.0 Å². The highest BCUT2D eigenvalue weighted by Gasteiger charge is 2.16. The first-order chi connectivity index (χ1) is 7.99. The van der Waals surface area contributed by atoms with Gasteiger partial charge in [-0.15, -0.1) is 11.8 Å². The van der Waals surface area contributed by atoms with Crippen LogP contribution in [0.25, 0.3) is 0 Å². The Hall–Kier alpha value is -0.520. The number of carbonyl (C=O) groups is 1. The molecule has 0 fully saturated rings. The Morgan fingerprint density at radius 1 is 1.41 bits per heavy atom. The summed E-state index contributed by atoms with van der Waals surface area (Å²) in [5.74, 6) is 0.345. The smallest absolute Gasteiger partial charge is 0.235 e. The molecule has 0 aromatic heterocycles. The predicted octanol–water partition coefficient (Wildman–Crippen LogP) is 2.39. The average molecular weight is 317 g/mol. The van der Waals surface area contributed by atoms with Crippen molar-refractivity contribution in [3.8, 4) is 0 Å². The van der Waals surface area contributed by atoms with Gasteiger partial charge in [0.15, 0.2) is 0 Å². The Labute approximate surface area is 115 Å². The van der Waals surface area contributed by atoms with E-state index < -0.39 is 0 Å². The number of hydrogen-bond donors (Lipinski definition) is 2. The van der Waals surface area contributed by atoms with Crippen molar-refractivity contribution in [3.63, 3.8) is 0 Å². The number of rotatable bonds is 6. The molecule has 0 radical (unpaired) electrons. The molecule has 0 spiro atoms. The highest BCUT2D eigenvalue weighted by molar-refractivity contribution is 9.10. The van der Waals surface area contributed by atoms with Crippen molar-refractivity contribution in [2.75, 3.05) is 5.75 Å². The summed E-state index contributed by atoms with van der Waals surface area (Å²) in [5.41, 5.74) is 5.35. The third kappa shape index (κ3) is 5.57. The molecule has 1 aromatic rings. The summed E-state index contributed by atoms with van der Waals surface area (Å²) in [5, 5.41) is 3.16. The van der Waals surface area contributed by atoms with E-state index in [2.05, 4.69) is 21.2 Å². The van der Waals surface area contributed by atoms with Crippen molar-refractivity contribution in [1.29, 1.82) is 0 Å². The summed E-state index contributed by atoms with van der Waals surface area (Å²) in [6.45, 7) is 4.00. The predicted molar refractivity (Wildman–Crippen MR) is 76.1 cm³/mol. The number of benzene rings is 1. The lowest BCUT2D eigenvalue weighted by atomic mass is 10.3. The van der Waals surface area contributed by atoms with Crippen LogP contribution < -0.4 is 11.1 Å². The molecule has 0 saturated carbocycles. The van der Waals surface area contributed by atoms with Crippen LogP contribution in [0.5, 0.6) is 0 Å². The second-order valence-electron chi connectivity index (χ2n) is 4.04. The Kier molecular flexibility index (Phi) is 6.02. The van der Waals surface area contributed by atoms with Gasteiger partial charge in [-0.2, -0.15) is 0 Å². The van der Waals surface area contributed by atoms with E-state index in [0.717, 1.165) is 9.37 Å². The Bertz CT molecular complexity index is 367. The van der Waals surface area contributed by atoms with Gasteiger partial charge in [-0.25, -0.2) is 0 Å². The molecule has 0 heterocycles. The first-order valence-electron chi connectivity index (χ1n) is 5.42. The van der Waals surface area contributed by atoms with Gasteiger partial charge >= 0.3 is 0 Å². The fourth-order valence-electron chi connectivity index (χ4n) is 1.33.